The number of nitrogens with two attached hydrogens (primary N) is 1. The van der Waals surface area contributed by atoms with E-state index in [-0.39, 0.29) is 11.8 Å². The molecular weight excluding hydrogens is 260 g/mol. The molecule has 0 saturated heterocycles. The highest BCUT2D eigenvalue weighted by atomic mass is 32.2. The molecule has 0 bridgehead atoms. The molecule has 1 aliphatic rings. The Morgan fingerprint density at radius 1 is 1.37 bits per heavy atom. The van der Waals surface area contributed by atoms with Crippen molar-refractivity contribution < 1.29 is 8.42 Å². The third kappa shape index (κ3) is 3.94. The maximum Gasteiger partial charge on any atom is 0.147 e. The third-order valence-electron chi connectivity index (χ3n) is 3.56. The van der Waals surface area contributed by atoms with E-state index >= 15 is 0 Å². The molecule has 1 aliphatic heterocycles. The van der Waals surface area contributed by atoms with Crippen molar-refractivity contribution in [2.24, 2.45) is 5.73 Å². The summed E-state index contributed by atoms with van der Waals surface area (Å²) in [4.78, 5) is 2.27. The molecule has 0 radical (unpaired) electrons. The van der Waals surface area contributed by atoms with E-state index in [2.05, 4.69) is 17.0 Å². The first-order chi connectivity index (χ1) is 8.97. The Morgan fingerprint density at radius 3 is 2.84 bits per heavy atom. The van der Waals surface area contributed by atoms with E-state index in [1.165, 1.54) is 17.5 Å². The smallest absolute Gasteiger partial charge is 0.147 e. The van der Waals surface area contributed by atoms with Crippen molar-refractivity contribution in [1.82, 2.24) is 0 Å². The van der Waals surface area contributed by atoms with E-state index in [9.17, 15) is 8.42 Å². The Morgan fingerprint density at radius 2 is 2.11 bits per heavy atom. The summed E-state index contributed by atoms with van der Waals surface area (Å²) in [5.74, 6) is 0.248. The van der Waals surface area contributed by atoms with E-state index in [0.29, 0.717) is 6.42 Å². The molecule has 1 aromatic rings. The third-order valence-corrected chi connectivity index (χ3v) is 4.59. The zero-order valence-corrected chi connectivity index (χ0v) is 12.2. The second-order valence-electron chi connectivity index (χ2n) is 5.28. The predicted molar refractivity (Wildman–Crippen MR) is 79.1 cm³/mol. The van der Waals surface area contributed by atoms with E-state index in [4.69, 9.17) is 5.73 Å². The lowest BCUT2D eigenvalue weighted by atomic mass is 10.0. The van der Waals surface area contributed by atoms with Crippen LogP contribution in [-0.2, 0) is 9.84 Å². The number of hydrogen-bond donors (Lipinski definition) is 1. The highest BCUT2D eigenvalue weighted by Gasteiger charge is 2.19. The number of sulfone groups is 1. The number of hydrogen-bond acceptors (Lipinski definition) is 4. The van der Waals surface area contributed by atoms with Crippen molar-refractivity contribution in [3.05, 3.63) is 29.8 Å². The van der Waals surface area contributed by atoms with Gasteiger partial charge in [0.2, 0.25) is 0 Å². The predicted octanol–water partition coefficient (Wildman–Crippen LogP) is 1.72. The summed E-state index contributed by atoms with van der Waals surface area (Å²) in [6, 6.07) is 8.28. The van der Waals surface area contributed by atoms with Crippen LogP contribution < -0.4 is 10.6 Å². The van der Waals surface area contributed by atoms with Gasteiger partial charge in [-0.15, -0.1) is 0 Å². The lowest BCUT2D eigenvalue weighted by Gasteiger charge is -2.25. The molecule has 106 valence electrons. The Kier molecular flexibility index (Phi) is 4.47. The normalized spacial score (nSPS) is 19.9. The van der Waals surface area contributed by atoms with Crippen molar-refractivity contribution in [3.8, 4) is 0 Å². The Balaban J connectivity index is 2.10. The summed E-state index contributed by atoms with van der Waals surface area (Å²) < 4.78 is 22.4. The second kappa shape index (κ2) is 5.92. The molecule has 1 unspecified atom stereocenters. The minimum absolute atomic E-state index is 0.0936. The largest absolute Gasteiger partial charge is 0.371 e. The summed E-state index contributed by atoms with van der Waals surface area (Å²) in [5.41, 5.74) is 8.53. The van der Waals surface area contributed by atoms with E-state index < -0.39 is 9.84 Å². The molecule has 2 N–H and O–H groups in total. The number of nitrogens with zero attached hydrogens (tertiary/aromatic N) is 1. The standard InChI is InChI=1S/C14H22N2O2S/c1-19(17,18)11-5-10-16-9-4-7-13(15)12-6-2-3-8-14(12)16/h2-3,6,8,13H,4-5,7,9-11,15H2,1H3. The van der Waals surface area contributed by atoms with Crippen LogP contribution in [0.1, 0.15) is 30.9 Å². The fraction of sp³-hybridized carbons (Fsp3) is 0.571. The minimum Gasteiger partial charge on any atom is -0.371 e. The zero-order chi connectivity index (χ0) is 13.9. The van der Waals surface area contributed by atoms with E-state index in [1.54, 1.807) is 0 Å². The maximum absolute atomic E-state index is 11.2. The van der Waals surface area contributed by atoms with Crippen molar-refractivity contribution >= 4 is 15.5 Å². The van der Waals surface area contributed by atoms with Crippen LogP contribution in [0.4, 0.5) is 5.69 Å². The summed E-state index contributed by atoms with van der Waals surface area (Å²) >= 11 is 0. The van der Waals surface area contributed by atoms with Gasteiger partial charge in [-0.05, 0) is 30.9 Å². The number of rotatable bonds is 4. The molecule has 5 heteroatoms. The molecule has 0 aromatic heterocycles. The summed E-state index contributed by atoms with van der Waals surface area (Å²) in [6.07, 6.45) is 4.00. The van der Waals surface area contributed by atoms with Crippen molar-refractivity contribution in [3.63, 3.8) is 0 Å². The molecule has 1 aromatic carbocycles. The van der Waals surface area contributed by atoms with Gasteiger partial charge in [-0.2, -0.15) is 0 Å². The molecule has 4 nitrogen and oxygen atoms in total. The lowest BCUT2D eigenvalue weighted by molar-refractivity contribution is 0.597. The van der Waals surface area contributed by atoms with Gasteiger partial charge in [0.1, 0.15) is 9.84 Å². The fourth-order valence-corrected chi connectivity index (χ4v) is 3.27. The molecule has 1 atom stereocenters. The molecule has 19 heavy (non-hydrogen) atoms. The number of fused-ring (bicyclic) bond motifs is 1. The van der Waals surface area contributed by atoms with Crippen LogP contribution in [0.5, 0.6) is 0 Å². The van der Waals surface area contributed by atoms with Crippen molar-refractivity contribution in [2.75, 3.05) is 30.0 Å². The number of para-hydroxylation sites is 1. The first kappa shape index (κ1) is 14.3. The van der Waals surface area contributed by atoms with Crippen molar-refractivity contribution in [1.29, 1.82) is 0 Å². The van der Waals surface area contributed by atoms with Crippen LogP contribution >= 0.6 is 0 Å². The van der Waals surface area contributed by atoms with Crippen molar-refractivity contribution in [2.45, 2.75) is 25.3 Å². The van der Waals surface area contributed by atoms with E-state index in [1.807, 2.05) is 12.1 Å². The maximum atomic E-state index is 11.2. The quantitative estimate of drug-likeness (QED) is 0.913. The lowest BCUT2D eigenvalue weighted by Crippen LogP contribution is -2.26. The Labute approximate surface area is 115 Å². The molecular formula is C14H22N2O2S. The van der Waals surface area contributed by atoms with Crippen LogP contribution in [0.2, 0.25) is 0 Å². The van der Waals surface area contributed by atoms with Gasteiger partial charge in [0.05, 0.1) is 5.75 Å². The first-order valence-corrected chi connectivity index (χ1v) is 8.80. The van der Waals surface area contributed by atoms with Crippen LogP contribution in [0.25, 0.3) is 0 Å². The average molecular weight is 282 g/mol. The van der Waals surface area contributed by atoms with Gasteiger partial charge in [0, 0.05) is 31.1 Å². The summed E-state index contributed by atoms with van der Waals surface area (Å²) in [6.45, 7) is 1.73. The summed E-state index contributed by atoms with van der Waals surface area (Å²) in [7, 11) is -2.87. The van der Waals surface area contributed by atoms with Crippen LogP contribution in [-0.4, -0.2) is 33.5 Å². The molecule has 0 aliphatic carbocycles. The first-order valence-electron chi connectivity index (χ1n) is 6.74. The average Bonchev–Trinajstić information content (AvgIpc) is 2.49. The molecule has 0 fully saturated rings. The van der Waals surface area contributed by atoms with Gasteiger partial charge in [-0.1, -0.05) is 18.2 Å². The molecule has 0 saturated carbocycles. The highest BCUT2D eigenvalue weighted by Crippen LogP contribution is 2.31. The summed E-state index contributed by atoms with van der Waals surface area (Å²) in [5, 5.41) is 0. The Bertz CT molecular complexity index is 528. The topological polar surface area (TPSA) is 63.4 Å². The van der Waals surface area contributed by atoms with Gasteiger partial charge in [-0.25, -0.2) is 8.42 Å². The van der Waals surface area contributed by atoms with Gasteiger partial charge in [0.25, 0.3) is 0 Å². The van der Waals surface area contributed by atoms with Gasteiger partial charge < -0.3 is 10.6 Å². The SMILES string of the molecule is CS(=O)(=O)CCCN1CCCC(N)c2ccccc21. The van der Waals surface area contributed by atoms with Crippen LogP contribution in [0.15, 0.2) is 24.3 Å². The second-order valence-corrected chi connectivity index (χ2v) is 7.54. The van der Waals surface area contributed by atoms with E-state index in [0.717, 1.165) is 25.9 Å². The Hall–Kier alpha value is -1.07. The zero-order valence-electron chi connectivity index (χ0n) is 11.4. The highest BCUT2D eigenvalue weighted by molar-refractivity contribution is 7.90. The van der Waals surface area contributed by atoms with Crippen LogP contribution in [0, 0.1) is 0 Å². The minimum atomic E-state index is -2.87. The van der Waals surface area contributed by atoms with Gasteiger partial charge in [-0.3, -0.25) is 0 Å². The molecule has 0 spiro atoms. The molecule has 2 rings (SSSR count). The number of anilines is 1. The monoisotopic (exact) mass is 282 g/mol. The number of benzene rings is 1. The fourth-order valence-electron chi connectivity index (χ4n) is 2.62. The van der Waals surface area contributed by atoms with Crippen LogP contribution in [0.3, 0.4) is 0 Å². The molecule has 1 heterocycles. The van der Waals surface area contributed by atoms with Gasteiger partial charge >= 0.3 is 0 Å². The van der Waals surface area contributed by atoms with Gasteiger partial charge in [0.15, 0.2) is 0 Å². The molecule has 0 amide bonds.